The molecule has 0 radical (unpaired) electrons. The van der Waals surface area contributed by atoms with Crippen LogP contribution < -0.4 is 5.32 Å². The van der Waals surface area contributed by atoms with Crippen molar-refractivity contribution >= 4 is 22.3 Å². The minimum atomic E-state index is -0.851. The largest absolute Gasteiger partial charge is 0.480 e. The summed E-state index contributed by atoms with van der Waals surface area (Å²) in [5.74, 6) is -0.851. The fourth-order valence-electron chi connectivity index (χ4n) is 1.21. The zero-order valence-corrected chi connectivity index (χ0v) is 8.99. The summed E-state index contributed by atoms with van der Waals surface area (Å²) in [7, 11) is 0. The first-order chi connectivity index (χ1) is 7.16. The Hall–Kier alpha value is -1.40. The molecule has 2 N–H and O–H groups in total. The molecule has 0 aromatic carbocycles. The molecule has 1 atom stereocenters. The fraction of sp³-hybridized carbons (Fsp3) is 0.333. The lowest BCUT2D eigenvalue weighted by atomic mass is 10.3. The van der Waals surface area contributed by atoms with E-state index in [0.29, 0.717) is 6.54 Å². The molecule has 0 saturated heterocycles. The normalized spacial score (nSPS) is 13.1. The Morgan fingerprint density at radius 1 is 1.80 bits per heavy atom. The summed E-state index contributed by atoms with van der Waals surface area (Å²) in [5, 5.41) is 13.5. The Bertz CT molecular complexity index is 448. The van der Waals surface area contributed by atoms with Gasteiger partial charge >= 0.3 is 5.97 Å². The SMILES string of the molecule is CC(NCc1cn2ccsc2n1)C(=O)O. The van der Waals surface area contributed by atoms with Gasteiger partial charge in [-0.25, -0.2) is 4.98 Å². The van der Waals surface area contributed by atoms with Crippen LogP contribution >= 0.6 is 11.3 Å². The first-order valence-corrected chi connectivity index (χ1v) is 5.42. The van der Waals surface area contributed by atoms with Gasteiger partial charge in [0.2, 0.25) is 0 Å². The molecule has 0 spiro atoms. The van der Waals surface area contributed by atoms with Crippen molar-refractivity contribution in [2.45, 2.75) is 19.5 Å². The average Bonchev–Trinajstić information content (AvgIpc) is 2.72. The summed E-state index contributed by atoms with van der Waals surface area (Å²) in [6, 6.07) is -0.551. The highest BCUT2D eigenvalue weighted by Gasteiger charge is 2.10. The highest BCUT2D eigenvalue weighted by atomic mass is 32.1. The zero-order valence-electron chi connectivity index (χ0n) is 8.17. The maximum Gasteiger partial charge on any atom is 0.320 e. The number of carbonyl (C=O) groups is 1. The highest BCUT2D eigenvalue weighted by molar-refractivity contribution is 7.15. The Morgan fingerprint density at radius 2 is 2.60 bits per heavy atom. The van der Waals surface area contributed by atoms with Crippen LogP contribution in [-0.2, 0) is 11.3 Å². The van der Waals surface area contributed by atoms with Gasteiger partial charge in [0.15, 0.2) is 4.96 Å². The lowest BCUT2D eigenvalue weighted by molar-refractivity contribution is -0.139. The molecule has 0 aliphatic rings. The molecule has 2 rings (SSSR count). The average molecular weight is 225 g/mol. The van der Waals surface area contributed by atoms with Crippen LogP contribution in [0.25, 0.3) is 4.96 Å². The Morgan fingerprint density at radius 3 is 3.27 bits per heavy atom. The summed E-state index contributed by atoms with van der Waals surface area (Å²) >= 11 is 1.56. The number of nitrogens with zero attached hydrogens (tertiary/aromatic N) is 2. The summed E-state index contributed by atoms with van der Waals surface area (Å²) in [6.45, 7) is 2.09. The van der Waals surface area contributed by atoms with Crippen molar-refractivity contribution in [3.63, 3.8) is 0 Å². The highest BCUT2D eigenvalue weighted by Crippen LogP contribution is 2.11. The minimum absolute atomic E-state index is 0.474. The molecular formula is C9H11N3O2S. The Labute approximate surface area is 90.4 Å². The van der Waals surface area contributed by atoms with Crippen molar-refractivity contribution in [2.24, 2.45) is 0 Å². The Balaban J connectivity index is 2.01. The van der Waals surface area contributed by atoms with Crippen molar-refractivity contribution in [1.82, 2.24) is 14.7 Å². The van der Waals surface area contributed by atoms with Crippen molar-refractivity contribution in [1.29, 1.82) is 0 Å². The zero-order chi connectivity index (χ0) is 10.8. The fourth-order valence-corrected chi connectivity index (χ4v) is 1.93. The molecule has 5 nitrogen and oxygen atoms in total. The summed E-state index contributed by atoms with van der Waals surface area (Å²) < 4.78 is 1.92. The predicted molar refractivity (Wildman–Crippen MR) is 57.0 cm³/mol. The number of rotatable bonds is 4. The third-order valence-corrected chi connectivity index (χ3v) is 2.87. The number of hydrogen-bond acceptors (Lipinski definition) is 4. The first-order valence-electron chi connectivity index (χ1n) is 4.54. The van der Waals surface area contributed by atoms with Gasteiger partial charge in [0.25, 0.3) is 0 Å². The van der Waals surface area contributed by atoms with Crippen LogP contribution in [0.4, 0.5) is 0 Å². The van der Waals surface area contributed by atoms with E-state index in [4.69, 9.17) is 5.11 Å². The van der Waals surface area contributed by atoms with Gasteiger partial charge in [0.1, 0.15) is 6.04 Å². The van der Waals surface area contributed by atoms with E-state index in [1.165, 1.54) is 0 Å². The lowest BCUT2D eigenvalue weighted by Crippen LogP contribution is -2.33. The van der Waals surface area contributed by atoms with Crippen LogP contribution in [0.5, 0.6) is 0 Å². The number of carboxylic acid groups (broad SMARTS) is 1. The maximum absolute atomic E-state index is 10.6. The molecule has 0 fully saturated rings. The van der Waals surface area contributed by atoms with Gasteiger partial charge in [-0.3, -0.25) is 14.5 Å². The van der Waals surface area contributed by atoms with Gasteiger partial charge in [-0.05, 0) is 6.92 Å². The van der Waals surface area contributed by atoms with Crippen molar-refractivity contribution in [3.8, 4) is 0 Å². The van der Waals surface area contributed by atoms with Crippen LogP contribution in [0.1, 0.15) is 12.6 Å². The molecule has 2 aromatic rings. The lowest BCUT2D eigenvalue weighted by Gasteiger charge is -2.06. The van der Waals surface area contributed by atoms with Gasteiger partial charge in [0.05, 0.1) is 5.69 Å². The number of hydrogen-bond donors (Lipinski definition) is 2. The molecule has 15 heavy (non-hydrogen) atoms. The molecule has 2 heterocycles. The second-order valence-electron chi connectivity index (χ2n) is 3.27. The van der Waals surface area contributed by atoms with Crippen LogP contribution in [0.3, 0.4) is 0 Å². The van der Waals surface area contributed by atoms with Crippen molar-refractivity contribution < 1.29 is 9.90 Å². The van der Waals surface area contributed by atoms with Crippen LogP contribution in [-0.4, -0.2) is 26.5 Å². The standard InChI is InChI=1S/C9H11N3O2S/c1-6(8(13)14)10-4-7-5-12-2-3-15-9(12)11-7/h2-3,5-6,10H,4H2,1H3,(H,13,14). The van der Waals surface area contributed by atoms with Gasteiger partial charge in [-0.2, -0.15) is 0 Å². The molecule has 1 unspecified atom stereocenters. The first kappa shape index (κ1) is 10.1. The molecule has 0 saturated carbocycles. The number of nitrogens with one attached hydrogen (secondary N) is 1. The number of aliphatic carboxylic acids is 1. The van der Waals surface area contributed by atoms with Crippen LogP contribution in [0.2, 0.25) is 0 Å². The topological polar surface area (TPSA) is 66.6 Å². The van der Waals surface area contributed by atoms with Crippen molar-refractivity contribution in [3.05, 3.63) is 23.5 Å². The third kappa shape index (κ3) is 2.16. The number of carboxylic acids is 1. The Kier molecular flexibility index (Phi) is 2.70. The molecule has 0 aliphatic carbocycles. The number of thiazole rings is 1. The van der Waals surface area contributed by atoms with Gasteiger partial charge < -0.3 is 5.11 Å². The quantitative estimate of drug-likeness (QED) is 0.813. The minimum Gasteiger partial charge on any atom is -0.480 e. The smallest absolute Gasteiger partial charge is 0.320 e. The molecule has 6 heteroatoms. The molecule has 80 valence electrons. The van der Waals surface area contributed by atoms with Crippen LogP contribution in [0, 0.1) is 0 Å². The van der Waals surface area contributed by atoms with E-state index in [0.717, 1.165) is 10.7 Å². The van der Waals surface area contributed by atoms with Gasteiger partial charge in [0, 0.05) is 24.3 Å². The second-order valence-corrected chi connectivity index (χ2v) is 4.14. The molecule has 0 aliphatic heterocycles. The van der Waals surface area contributed by atoms with E-state index < -0.39 is 12.0 Å². The summed E-state index contributed by atoms with van der Waals surface area (Å²) in [5.41, 5.74) is 0.856. The third-order valence-electron chi connectivity index (χ3n) is 2.10. The van der Waals surface area contributed by atoms with E-state index in [-0.39, 0.29) is 0 Å². The molecule has 0 amide bonds. The second kappa shape index (κ2) is 4.00. The number of fused-ring (bicyclic) bond motifs is 1. The predicted octanol–water partition coefficient (Wildman–Crippen LogP) is 0.959. The van der Waals surface area contributed by atoms with Gasteiger partial charge in [-0.15, -0.1) is 11.3 Å². The van der Waals surface area contributed by atoms with E-state index >= 15 is 0 Å². The number of imidazole rings is 1. The molecular weight excluding hydrogens is 214 g/mol. The number of aromatic nitrogens is 2. The summed E-state index contributed by atoms with van der Waals surface area (Å²) in [4.78, 5) is 15.8. The maximum atomic E-state index is 10.6. The molecule has 2 aromatic heterocycles. The van der Waals surface area contributed by atoms with E-state index in [1.54, 1.807) is 18.3 Å². The van der Waals surface area contributed by atoms with Crippen molar-refractivity contribution in [2.75, 3.05) is 0 Å². The van der Waals surface area contributed by atoms with Crippen LogP contribution in [0.15, 0.2) is 17.8 Å². The van der Waals surface area contributed by atoms with E-state index in [1.807, 2.05) is 22.2 Å². The van der Waals surface area contributed by atoms with E-state index in [2.05, 4.69) is 10.3 Å². The summed E-state index contributed by atoms with van der Waals surface area (Å²) in [6.07, 6.45) is 3.82. The molecule has 0 bridgehead atoms. The monoisotopic (exact) mass is 225 g/mol. The van der Waals surface area contributed by atoms with E-state index in [9.17, 15) is 4.79 Å². The van der Waals surface area contributed by atoms with Gasteiger partial charge in [-0.1, -0.05) is 0 Å².